The average molecular weight is 406 g/mol. The van der Waals surface area contributed by atoms with Crippen molar-refractivity contribution in [2.24, 2.45) is 5.73 Å². The molecule has 0 saturated heterocycles. The van der Waals surface area contributed by atoms with Gasteiger partial charge in [0.15, 0.2) is 11.5 Å². The Hall–Kier alpha value is -3.69. The Balaban J connectivity index is 2.47. The van der Waals surface area contributed by atoms with Crippen LogP contribution in [0.2, 0.25) is 0 Å². The third-order valence-electron chi connectivity index (χ3n) is 3.96. The van der Waals surface area contributed by atoms with Gasteiger partial charge in [0.25, 0.3) is 11.8 Å². The average Bonchev–Trinajstić information content (AvgIpc) is 3.02. The third-order valence-corrected chi connectivity index (χ3v) is 3.96. The molecule has 0 aliphatic carbocycles. The van der Waals surface area contributed by atoms with Gasteiger partial charge in [-0.2, -0.15) is 0 Å². The number of benzene rings is 1. The highest BCUT2D eigenvalue weighted by Gasteiger charge is 2.29. The molecule has 1 aromatic carbocycles. The molecule has 0 saturated carbocycles. The zero-order chi connectivity index (χ0) is 21.7. The lowest BCUT2D eigenvalue weighted by Gasteiger charge is -2.13. The number of esters is 1. The minimum absolute atomic E-state index is 0.0810. The first-order chi connectivity index (χ1) is 13.8. The predicted octanol–water partition coefficient (Wildman–Crippen LogP) is 2.14. The summed E-state index contributed by atoms with van der Waals surface area (Å²) in [4.78, 5) is 36.8. The first kappa shape index (κ1) is 21.6. The molecule has 0 atom stereocenters. The highest BCUT2D eigenvalue weighted by Crippen LogP contribution is 2.38. The molecular formula is C19H22N2O8. The molecule has 156 valence electrons. The van der Waals surface area contributed by atoms with Crippen LogP contribution in [0.15, 0.2) is 16.5 Å². The fourth-order valence-corrected chi connectivity index (χ4v) is 2.70. The maximum absolute atomic E-state index is 12.7. The van der Waals surface area contributed by atoms with Crippen molar-refractivity contribution in [3.63, 3.8) is 0 Å². The zero-order valence-corrected chi connectivity index (χ0v) is 16.7. The number of rotatable bonds is 8. The van der Waals surface area contributed by atoms with E-state index in [1.54, 1.807) is 6.92 Å². The number of hydrogen-bond donors (Lipinski definition) is 2. The molecule has 0 fully saturated rings. The summed E-state index contributed by atoms with van der Waals surface area (Å²) in [6, 6.07) is 2.84. The maximum Gasteiger partial charge on any atom is 0.342 e. The zero-order valence-electron chi connectivity index (χ0n) is 16.7. The molecule has 1 aromatic heterocycles. The SMILES string of the molecule is CCOC(=O)c1c(C)oc(NC(=O)c2cc(OC)c(OC)c(OC)c2)c1C(N)=O. The van der Waals surface area contributed by atoms with Gasteiger partial charge in [-0.3, -0.25) is 14.9 Å². The molecule has 10 nitrogen and oxygen atoms in total. The second kappa shape index (κ2) is 9.00. The summed E-state index contributed by atoms with van der Waals surface area (Å²) in [5.41, 5.74) is 5.10. The molecule has 29 heavy (non-hydrogen) atoms. The number of carbonyl (C=O) groups excluding carboxylic acids is 3. The summed E-state index contributed by atoms with van der Waals surface area (Å²) in [5, 5.41) is 2.44. The number of nitrogens with one attached hydrogen (secondary N) is 1. The topological polar surface area (TPSA) is 139 Å². The number of methoxy groups -OCH3 is 3. The largest absolute Gasteiger partial charge is 0.493 e. The Bertz CT molecular complexity index is 923. The van der Waals surface area contributed by atoms with Crippen molar-refractivity contribution >= 4 is 23.7 Å². The first-order valence-electron chi connectivity index (χ1n) is 8.50. The number of furan rings is 1. The quantitative estimate of drug-likeness (QED) is 0.636. The van der Waals surface area contributed by atoms with Crippen LogP contribution in [0.3, 0.4) is 0 Å². The summed E-state index contributed by atoms with van der Waals surface area (Å²) in [6.07, 6.45) is 0. The predicted molar refractivity (Wildman–Crippen MR) is 102 cm³/mol. The lowest BCUT2D eigenvalue weighted by molar-refractivity contribution is 0.0521. The van der Waals surface area contributed by atoms with Crippen LogP contribution < -0.4 is 25.3 Å². The van der Waals surface area contributed by atoms with E-state index in [1.165, 1.54) is 40.4 Å². The Morgan fingerprint density at radius 2 is 1.62 bits per heavy atom. The van der Waals surface area contributed by atoms with Gasteiger partial charge in [-0.25, -0.2) is 4.79 Å². The summed E-state index contributed by atoms with van der Waals surface area (Å²) in [5.74, 6) is -1.75. The lowest BCUT2D eigenvalue weighted by Crippen LogP contribution is -2.20. The highest BCUT2D eigenvalue weighted by molar-refractivity contribution is 6.12. The molecule has 0 spiro atoms. The lowest BCUT2D eigenvalue weighted by atomic mass is 10.1. The fourth-order valence-electron chi connectivity index (χ4n) is 2.70. The molecule has 0 radical (unpaired) electrons. The molecule has 0 aliphatic heterocycles. The number of aryl methyl sites for hydroxylation is 1. The summed E-state index contributed by atoms with van der Waals surface area (Å²) in [7, 11) is 4.25. The molecular weight excluding hydrogens is 384 g/mol. The van der Waals surface area contributed by atoms with E-state index in [0.717, 1.165) is 0 Å². The number of anilines is 1. The summed E-state index contributed by atoms with van der Waals surface area (Å²) >= 11 is 0. The number of nitrogens with two attached hydrogens (primary N) is 1. The van der Waals surface area contributed by atoms with Crippen molar-refractivity contribution in [3.05, 3.63) is 34.6 Å². The van der Waals surface area contributed by atoms with E-state index in [1.807, 2.05) is 0 Å². The molecule has 0 unspecified atom stereocenters. The van der Waals surface area contributed by atoms with E-state index >= 15 is 0 Å². The minimum Gasteiger partial charge on any atom is -0.493 e. The van der Waals surface area contributed by atoms with E-state index in [4.69, 9.17) is 29.1 Å². The van der Waals surface area contributed by atoms with E-state index in [2.05, 4.69) is 5.32 Å². The smallest absolute Gasteiger partial charge is 0.342 e. The van der Waals surface area contributed by atoms with E-state index in [9.17, 15) is 14.4 Å². The molecule has 10 heteroatoms. The normalized spacial score (nSPS) is 10.2. The van der Waals surface area contributed by atoms with Crippen LogP contribution in [0.5, 0.6) is 17.2 Å². The maximum atomic E-state index is 12.7. The number of hydrogen-bond acceptors (Lipinski definition) is 8. The van der Waals surface area contributed by atoms with E-state index in [-0.39, 0.29) is 46.4 Å². The van der Waals surface area contributed by atoms with Crippen LogP contribution in [-0.2, 0) is 4.74 Å². The van der Waals surface area contributed by atoms with Crippen LogP contribution in [0, 0.1) is 6.92 Å². The van der Waals surface area contributed by atoms with Gasteiger partial charge in [0.1, 0.15) is 16.9 Å². The van der Waals surface area contributed by atoms with Crippen molar-refractivity contribution in [3.8, 4) is 17.2 Å². The molecule has 2 aromatic rings. The van der Waals surface area contributed by atoms with Gasteiger partial charge in [-0.1, -0.05) is 0 Å². The van der Waals surface area contributed by atoms with E-state index in [0.29, 0.717) is 5.75 Å². The van der Waals surface area contributed by atoms with Crippen molar-refractivity contribution in [1.29, 1.82) is 0 Å². The van der Waals surface area contributed by atoms with Gasteiger partial charge in [-0.05, 0) is 26.0 Å². The standard InChI is InChI=1S/C19H22N2O8/c1-6-28-19(24)13-9(2)29-18(14(13)16(20)22)21-17(23)10-7-11(25-3)15(27-5)12(8-10)26-4/h7-8H,6H2,1-5H3,(H2,20,22)(H,21,23). The van der Waals surface area contributed by atoms with Gasteiger partial charge in [0.05, 0.1) is 27.9 Å². The molecule has 3 N–H and O–H groups in total. The van der Waals surface area contributed by atoms with Crippen LogP contribution >= 0.6 is 0 Å². The van der Waals surface area contributed by atoms with Crippen LogP contribution in [-0.4, -0.2) is 45.7 Å². The van der Waals surface area contributed by atoms with Crippen LogP contribution in [0.25, 0.3) is 0 Å². The fraction of sp³-hybridized carbons (Fsp3) is 0.316. The highest BCUT2D eigenvalue weighted by atomic mass is 16.5. The molecule has 0 aliphatic rings. The van der Waals surface area contributed by atoms with Gasteiger partial charge in [-0.15, -0.1) is 0 Å². The Kier molecular flexibility index (Phi) is 6.71. The van der Waals surface area contributed by atoms with Crippen LogP contribution in [0.1, 0.15) is 43.8 Å². The summed E-state index contributed by atoms with van der Waals surface area (Å²) in [6.45, 7) is 3.16. The van der Waals surface area contributed by atoms with Crippen molar-refractivity contribution in [2.75, 3.05) is 33.3 Å². The molecule has 0 bridgehead atoms. The van der Waals surface area contributed by atoms with Crippen molar-refractivity contribution < 1.29 is 37.7 Å². The van der Waals surface area contributed by atoms with Crippen molar-refractivity contribution in [2.45, 2.75) is 13.8 Å². The van der Waals surface area contributed by atoms with Gasteiger partial charge in [0.2, 0.25) is 11.6 Å². The second-order valence-corrected chi connectivity index (χ2v) is 5.69. The summed E-state index contributed by atoms with van der Waals surface area (Å²) < 4.78 is 26.0. The monoisotopic (exact) mass is 406 g/mol. The second-order valence-electron chi connectivity index (χ2n) is 5.69. The number of amides is 2. The minimum atomic E-state index is -0.954. The third kappa shape index (κ3) is 4.26. The number of primary amides is 1. The van der Waals surface area contributed by atoms with E-state index < -0.39 is 17.8 Å². The first-order valence-corrected chi connectivity index (χ1v) is 8.50. The Morgan fingerprint density at radius 1 is 1.03 bits per heavy atom. The molecule has 2 rings (SSSR count). The number of carbonyl (C=O) groups is 3. The molecule has 2 amide bonds. The van der Waals surface area contributed by atoms with Gasteiger partial charge < -0.3 is 29.1 Å². The Morgan fingerprint density at radius 3 is 2.07 bits per heavy atom. The van der Waals surface area contributed by atoms with Gasteiger partial charge >= 0.3 is 5.97 Å². The van der Waals surface area contributed by atoms with Crippen molar-refractivity contribution in [1.82, 2.24) is 0 Å². The number of ether oxygens (including phenoxy) is 4. The molecule has 1 heterocycles. The van der Waals surface area contributed by atoms with Gasteiger partial charge in [0, 0.05) is 5.56 Å². The van der Waals surface area contributed by atoms with Crippen LogP contribution in [0.4, 0.5) is 5.88 Å². The Labute approximate surface area is 166 Å².